The molecule has 0 bridgehead atoms. The summed E-state index contributed by atoms with van der Waals surface area (Å²) < 4.78 is 11.6. The summed E-state index contributed by atoms with van der Waals surface area (Å²) in [6, 6.07) is 21.1. The molecular formula is C30H39N3O3. The van der Waals surface area contributed by atoms with Gasteiger partial charge in [-0.3, -0.25) is 0 Å². The van der Waals surface area contributed by atoms with E-state index in [2.05, 4.69) is 79.5 Å². The Hall–Kier alpha value is -3.41. The van der Waals surface area contributed by atoms with Crippen LogP contribution < -0.4 is 10.2 Å². The summed E-state index contributed by atoms with van der Waals surface area (Å²) in [4.78, 5) is 16.4. The number of carbonyl (C=O) groups is 1. The average molecular weight is 490 g/mol. The SMILES string of the molecule is CC(C)(C)OC(=O)N1CCN(c2ccc(NCc3ccc(-c4ccc(C(C)(C)C)cc4)o3)cc2)CC1. The number of hydrogen-bond donors (Lipinski definition) is 1. The molecule has 0 radical (unpaired) electrons. The Morgan fingerprint density at radius 2 is 1.50 bits per heavy atom. The largest absolute Gasteiger partial charge is 0.459 e. The van der Waals surface area contributed by atoms with Crippen molar-refractivity contribution in [3.05, 3.63) is 72.0 Å². The molecule has 0 spiro atoms. The van der Waals surface area contributed by atoms with Gasteiger partial charge in [0.1, 0.15) is 17.1 Å². The van der Waals surface area contributed by atoms with Gasteiger partial charge in [-0.1, -0.05) is 45.0 Å². The van der Waals surface area contributed by atoms with Crippen molar-refractivity contribution in [1.29, 1.82) is 0 Å². The molecule has 1 N–H and O–H groups in total. The number of piperazine rings is 1. The zero-order valence-corrected chi connectivity index (χ0v) is 22.4. The van der Waals surface area contributed by atoms with Gasteiger partial charge in [0.25, 0.3) is 0 Å². The zero-order chi connectivity index (χ0) is 25.9. The summed E-state index contributed by atoms with van der Waals surface area (Å²) in [5.41, 5.74) is 4.27. The molecule has 6 nitrogen and oxygen atoms in total. The fraction of sp³-hybridized carbons (Fsp3) is 0.433. The number of ether oxygens (including phenoxy) is 1. The van der Waals surface area contributed by atoms with Crippen molar-refractivity contribution in [3.63, 3.8) is 0 Å². The van der Waals surface area contributed by atoms with E-state index in [0.717, 1.165) is 41.5 Å². The second-order valence-electron chi connectivity index (χ2n) is 11.4. The number of benzene rings is 2. The second kappa shape index (κ2) is 10.3. The predicted octanol–water partition coefficient (Wildman–Crippen LogP) is 6.91. The molecule has 3 aromatic rings. The number of amides is 1. The van der Waals surface area contributed by atoms with Crippen LogP contribution in [0, 0.1) is 0 Å². The Bertz CT molecular complexity index is 1140. The molecule has 2 aromatic carbocycles. The molecule has 2 heterocycles. The molecule has 1 saturated heterocycles. The van der Waals surface area contributed by atoms with Crippen molar-refractivity contribution in [2.45, 2.75) is 59.1 Å². The van der Waals surface area contributed by atoms with Gasteiger partial charge in [-0.05, 0) is 68.1 Å². The van der Waals surface area contributed by atoms with E-state index in [1.165, 1.54) is 5.56 Å². The molecular weight excluding hydrogens is 450 g/mol. The van der Waals surface area contributed by atoms with Crippen LogP contribution in [0.3, 0.4) is 0 Å². The molecule has 4 rings (SSSR count). The highest BCUT2D eigenvalue weighted by molar-refractivity contribution is 5.68. The van der Waals surface area contributed by atoms with Crippen LogP contribution in [-0.2, 0) is 16.7 Å². The van der Waals surface area contributed by atoms with Crippen molar-refractivity contribution in [1.82, 2.24) is 4.90 Å². The molecule has 6 heteroatoms. The number of furan rings is 1. The number of hydrogen-bond acceptors (Lipinski definition) is 5. The first-order chi connectivity index (χ1) is 17.0. The lowest BCUT2D eigenvalue weighted by Crippen LogP contribution is -2.50. The third-order valence-electron chi connectivity index (χ3n) is 6.33. The number of rotatable bonds is 5. The van der Waals surface area contributed by atoms with Crippen LogP contribution in [0.1, 0.15) is 52.9 Å². The molecule has 1 aliphatic rings. The fourth-order valence-electron chi connectivity index (χ4n) is 4.22. The van der Waals surface area contributed by atoms with Crippen molar-refractivity contribution in [2.24, 2.45) is 0 Å². The second-order valence-corrected chi connectivity index (χ2v) is 11.4. The number of anilines is 2. The lowest BCUT2D eigenvalue weighted by atomic mass is 9.86. The van der Waals surface area contributed by atoms with Gasteiger partial charge in [0.15, 0.2) is 0 Å². The Kier molecular flexibility index (Phi) is 7.34. The lowest BCUT2D eigenvalue weighted by Gasteiger charge is -2.36. The van der Waals surface area contributed by atoms with Gasteiger partial charge >= 0.3 is 6.09 Å². The highest BCUT2D eigenvalue weighted by Crippen LogP contribution is 2.28. The molecule has 192 valence electrons. The average Bonchev–Trinajstić information content (AvgIpc) is 3.31. The van der Waals surface area contributed by atoms with Crippen LogP contribution in [0.15, 0.2) is 65.1 Å². The van der Waals surface area contributed by atoms with E-state index in [9.17, 15) is 4.79 Å². The van der Waals surface area contributed by atoms with E-state index in [1.54, 1.807) is 4.90 Å². The molecule has 0 saturated carbocycles. The van der Waals surface area contributed by atoms with E-state index >= 15 is 0 Å². The van der Waals surface area contributed by atoms with Crippen LogP contribution in [0.5, 0.6) is 0 Å². The van der Waals surface area contributed by atoms with Crippen LogP contribution in [0.25, 0.3) is 11.3 Å². The minimum absolute atomic E-state index is 0.140. The molecule has 1 aromatic heterocycles. The first kappa shape index (κ1) is 25.7. The Balaban J connectivity index is 1.27. The van der Waals surface area contributed by atoms with Gasteiger partial charge in [-0.2, -0.15) is 0 Å². The normalized spacial score (nSPS) is 14.6. The minimum atomic E-state index is -0.466. The maximum atomic E-state index is 12.3. The summed E-state index contributed by atoms with van der Waals surface area (Å²) in [6.07, 6.45) is -0.232. The number of carbonyl (C=O) groups excluding carboxylic acids is 1. The monoisotopic (exact) mass is 489 g/mol. The molecule has 1 fully saturated rings. The summed E-state index contributed by atoms with van der Waals surface area (Å²) in [5.74, 6) is 1.78. The van der Waals surface area contributed by atoms with Gasteiger partial charge in [0.2, 0.25) is 0 Å². The minimum Gasteiger partial charge on any atom is -0.459 e. The Morgan fingerprint density at radius 1 is 0.861 bits per heavy atom. The van der Waals surface area contributed by atoms with Crippen LogP contribution in [-0.4, -0.2) is 42.8 Å². The molecule has 1 aliphatic heterocycles. The third kappa shape index (κ3) is 6.62. The van der Waals surface area contributed by atoms with E-state index < -0.39 is 5.60 Å². The van der Waals surface area contributed by atoms with Gasteiger partial charge in [0, 0.05) is 43.1 Å². The van der Waals surface area contributed by atoms with Crippen LogP contribution in [0.2, 0.25) is 0 Å². The summed E-state index contributed by atoms with van der Waals surface area (Å²) in [5, 5.41) is 3.45. The van der Waals surface area contributed by atoms with E-state index in [0.29, 0.717) is 19.6 Å². The maximum absolute atomic E-state index is 12.3. The zero-order valence-electron chi connectivity index (χ0n) is 22.4. The van der Waals surface area contributed by atoms with Gasteiger partial charge < -0.3 is 24.3 Å². The van der Waals surface area contributed by atoms with Crippen molar-refractivity contribution in [2.75, 3.05) is 36.4 Å². The maximum Gasteiger partial charge on any atom is 0.410 e. The summed E-state index contributed by atoms with van der Waals surface area (Å²) >= 11 is 0. The summed E-state index contributed by atoms with van der Waals surface area (Å²) in [6.45, 7) is 15.9. The van der Waals surface area contributed by atoms with E-state index in [1.807, 2.05) is 32.9 Å². The Morgan fingerprint density at radius 3 is 2.08 bits per heavy atom. The van der Waals surface area contributed by atoms with Gasteiger partial charge in [-0.15, -0.1) is 0 Å². The third-order valence-corrected chi connectivity index (χ3v) is 6.33. The first-order valence-corrected chi connectivity index (χ1v) is 12.7. The molecule has 36 heavy (non-hydrogen) atoms. The van der Waals surface area contributed by atoms with Crippen molar-refractivity contribution < 1.29 is 13.9 Å². The lowest BCUT2D eigenvalue weighted by molar-refractivity contribution is 0.0240. The van der Waals surface area contributed by atoms with Crippen LogP contribution in [0.4, 0.5) is 16.2 Å². The smallest absolute Gasteiger partial charge is 0.410 e. The van der Waals surface area contributed by atoms with Crippen molar-refractivity contribution >= 4 is 17.5 Å². The van der Waals surface area contributed by atoms with E-state index in [4.69, 9.17) is 9.15 Å². The quantitative estimate of drug-likeness (QED) is 0.422. The molecule has 1 amide bonds. The van der Waals surface area contributed by atoms with Gasteiger partial charge in [-0.25, -0.2) is 4.79 Å². The molecule has 0 aliphatic carbocycles. The summed E-state index contributed by atoms with van der Waals surface area (Å²) in [7, 11) is 0. The topological polar surface area (TPSA) is 58.0 Å². The fourth-order valence-corrected chi connectivity index (χ4v) is 4.22. The number of nitrogens with one attached hydrogen (secondary N) is 1. The highest BCUT2D eigenvalue weighted by Gasteiger charge is 2.26. The number of nitrogens with zero attached hydrogens (tertiary/aromatic N) is 2. The van der Waals surface area contributed by atoms with E-state index in [-0.39, 0.29) is 11.5 Å². The van der Waals surface area contributed by atoms with Crippen molar-refractivity contribution in [3.8, 4) is 11.3 Å². The Labute approximate surface area is 215 Å². The molecule has 0 atom stereocenters. The highest BCUT2D eigenvalue weighted by atomic mass is 16.6. The standard InChI is InChI=1S/C30H39N3O3/c1-29(2,3)23-9-7-22(8-10-23)27-16-15-26(35-27)21-31-24-11-13-25(14-12-24)32-17-19-33(20-18-32)28(34)36-30(4,5)6/h7-16,31H,17-21H2,1-6H3. The molecule has 0 unspecified atom stereocenters. The van der Waals surface area contributed by atoms with Gasteiger partial charge in [0.05, 0.1) is 6.54 Å². The predicted molar refractivity (Wildman–Crippen MR) is 147 cm³/mol. The van der Waals surface area contributed by atoms with Crippen LogP contribution >= 0.6 is 0 Å². The first-order valence-electron chi connectivity index (χ1n) is 12.7.